The summed E-state index contributed by atoms with van der Waals surface area (Å²) >= 11 is 0. The highest BCUT2D eigenvalue weighted by molar-refractivity contribution is 5.69. The summed E-state index contributed by atoms with van der Waals surface area (Å²) in [6.07, 6.45) is 0.427. The van der Waals surface area contributed by atoms with Crippen LogP contribution in [0.4, 0.5) is 4.79 Å². The summed E-state index contributed by atoms with van der Waals surface area (Å²) < 4.78 is 5.65. The molecule has 5 heteroatoms. The maximum atomic E-state index is 11.0. The highest BCUT2D eigenvalue weighted by Crippen LogP contribution is 2.03. The standard InChI is InChI=1S/C7H9N2O3/c1-5(2)12-7(11)9-4-3-6(10)8-9/h3-5H,1-2H3. The van der Waals surface area contributed by atoms with Crippen molar-refractivity contribution >= 4 is 6.09 Å². The molecule has 1 aromatic heterocycles. The van der Waals surface area contributed by atoms with Crippen molar-refractivity contribution in [1.29, 1.82) is 0 Å². The minimum Gasteiger partial charge on any atom is -0.445 e. The van der Waals surface area contributed by atoms with E-state index in [0.29, 0.717) is 0 Å². The first-order valence-corrected chi connectivity index (χ1v) is 3.53. The first kappa shape index (κ1) is 8.58. The van der Waals surface area contributed by atoms with E-state index in [9.17, 15) is 9.90 Å². The molecule has 0 atom stereocenters. The van der Waals surface area contributed by atoms with Crippen molar-refractivity contribution in [2.75, 3.05) is 0 Å². The average molecular weight is 169 g/mol. The van der Waals surface area contributed by atoms with Crippen LogP contribution in [0.2, 0.25) is 0 Å². The fourth-order valence-electron chi connectivity index (χ4n) is 0.665. The van der Waals surface area contributed by atoms with E-state index in [0.717, 1.165) is 4.68 Å². The van der Waals surface area contributed by atoms with E-state index in [-0.39, 0.29) is 6.10 Å². The molecule has 1 radical (unpaired) electrons. The molecule has 0 aliphatic carbocycles. The zero-order chi connectivity index (χ0) is 9.14. The largest absolute Gasteiger partial charge is 0.445 e. The third-order valence-electron chi connectivity index (χ3n) is 1.09. The van der Waals surface area contributed by atoms with E-state index in [2.05, 4.69) is 5.10 Å². The second-order valence-electron chi connectivity index (χ2n) is 2.53. The second-order valence-corrected chi connectivity index (χ2v) is 2.53. The zero-order valence-electron chi connectivity index (χ0n) is 6.85. The molecule has 0 aromatic carbocycles. The van der Waals surface area contributed by atoms with Crippen molar-refractivity contribution in [3.05, 3.63) is 12.3 Å². The Labute approximate surface area is 69.6 Å². The molecular weight excluding hydrogens is 160 g/mol. The van der Waals surface area contributed by atoms with Crippen LogP contribution < -0.4 is 0 Å². The fraction of sp³-hybridized carbons (Fsp3) is 0.429. The van der Waals surface area contributed by atoms with Crippen molar-refractivity contribution in [2.45, 2.75) is 20.0 Å². The maximum Gasteiger partial charge on any atom is 0.435 e. The summed E-state index contributed by atoms with van der Waals surface area (Å²) in [6, 6.07) is 1.20. The van der Waals surface area contributed by atoms with Crippen LogP contribution in [-0.4, -0.2) is 22.0 Å². The van der Waals surface area contributed by atoms with Crippen LogP contribution >= 0.6 is 0 Å². The predicted octanol–water partition coefficient (Wildman–Crippen LogP) is 1.42. The predicted molar refractivity (Wildman–Crippen MR) is 39.4 cm³/mol. The number of carbonyl (C=O) groups excluding carboxylic acids is 1. The maximum absolute atomic E-state index is 11.0. The van der Waals surface area contributed by atoms with Crippen LogP contribution in [0.15, 0.2) is 12.3 Å². The van der Waals surface area contributed by atoms with Crippen LogP contribution in [0.5, 0.6) is 5.88 Å². The van der Waals surface area contributed by atoms with Gasteiger partial charge in [0.25, 0.3) is 5.88 Å². The van der Waals surface area contributed by atoms with Gasteiger partial charge in [-0.05, 0) is 13.8 Å². The van der Waals surface area contributed by atoms with Crippen molar-refractivity contribution in [2.24, 2.45) is 0 Å². The topological polar surface area (TPSA) is 64.0 Å². The summed E-state index contributed by atoms with van der Waals surface area (Å²) in [5.74, 6) is -0.448. The number of nitrogens with zero attached hydrogens (tertiary/aromatic N) is 2. The van der Waals surface area contributed by atoms with E-state index in [1.807, 2.05) is 0 Å². The van der Waals surface area contributed by atoms with Gasteiger partial charge in [0.2, 0.25) is 0 Å². The fourth-order valence-corrected chi connectivity index (χ4v) is 0.665. The van der Waals surface area contributed by atoms with Crippen molar-refractivity contribution in [3.63, 3.8) is 0 Å². The van der Waals surface area contributed by atoms with Crippen LogP contribution in [-0.2, 0) is 9.84 Å². The van der Waals surface area contributed by atoms with Gasteiger partial charge in [-0.15, -0.1) is 5.10 Å². The highest BCUT2D eigenvalue weighted by Gasteiger charge is 2.09. The number of hydrogen-bond acceptors (Lipinski definition) is 3. The number of ether oxygens (including phenoxy) is 1. The van der Waals surface area contributed by atoms with Crippen molar-refractivity contribution in [1.82, 2.24) is 9.78 Å². The van der Waals surface area contributed by atoms with Gasteiger partial charge in [-0.25, -0.2) is 4.79 Å². The van der Waals surface area contributed by atoms with Crippen LogP contribution in [0.3, 0.4) is 0 Å². The van der Waals surface area contributed by atoms with Gasteiger partial charge in [0.05, 0.1) is 6.10 Å². The number of hydrogen-bond donors (Lipinski definition) is 0. The molecule has 0 unspecified atom stereocenters. The Bertz CT molecular complexity index is 280. The molecule has 12 heavy (non-hydrogen) atoms. The Morgan fingerprint density at radius 1 is 1.67 bits per heavy atom. The van der Waals surface area contributed by atoms with Crippen molar-refractivity contribution < 1.29 is 14.6 Å². The third-order valence-corrected chi connectivity index (χ3v) is 1.09. The molecule has 0 spiro atoms. The SMILES string of the molecule is CC(C)OC(=O)n1ccc([O])n1. The molecule has 0 amide bonds. The van der Waals surface area contributed by atoms with Gasteiger partial charge in [-0.3, -0.25) is 5.11 Å². The van der Waals surface area contributed by atoms with Gasteiger partial charge in [0, 0.05) is 12.3 Å². The molecule has 1 aromatic rings. The van der Waals surface area contributed by atoms with E-state index in [4.69, 9.17) is 4.74 Å². The van der Waals surface area contributed by atoms with Gasteiger partial charge in [-0.1, -0.05) is 0 Å². The normalized spacial score (nSPS) is 10.2. The van der Waals surface area contributed by atoms with E-state index >= 15 is 0 Å². The minimum absolute atomic E-state index is 0.211. The number of carbonyl (C=O) groups is 1. The van der Waals surface area contributed by atoms with Crippen molar-refractivity contribution in [3.8, 4) is 5.88 Å². The lowest BCUT2D eigenvalue weighted by Gasteiger charge is -2.05. The Balaban J connectivity index is 2.65. The Hall–Kier alpha value is -1.52. The molecule has 5 nitrogen and oxygen atoms in total. The molecule has 0 aliphatic heterocycles. The molecule has 0 aliphatic rings. The first-order chi connectivity index (χ1) is 5.59. The molecule has 0 saturated heterocycles. The van der Waals surface area contributed by atoms with Crippen LogP contribution in [0.1, 0.15) is 13.8 Å². The van der Waals surface area contributed by atoms with Gasteiger partial charge < -0.3 is 4.74 Å². The Kier molecular flexibility index (Phi) is 2.32. The molecule has 0 bridgehead atoms. The zero-order valence-corrected chi connectivity index (χ0v) is 6.85. The Morgan fingerprint density at radius 3 is 2.75 bits per heavy atom. The van der Waals surface area contributed by atoms with Gasteiger partial charge in [-0.2, -0.15) is 4.68 Å². The summed E-state index contributed by atoms with van der Waals surface area (Å²) in [5, 5.41) is 13.9. The molecule has 1 rings (SSSR count). The van der Waals surface area contributed by atoms with E-state index in [1.165, 1.54) is 12.3 Å². The number of rotatable bonds is 1. The summed E-state index contributed by atoms with van der Waals surface area (Å²) in [5.41, 5.74) is 0. The van der Waals surface area contributed by atoms with Gasteiger partial charge in [0.1, 0.15) is 0 Å². The molecule has 65 valence electrons. The van der Waals surface area contributed by atoms with Crippen LogP contribution in [0.25, 0.3) is 0 Å². The molecular formula is C7H9N2O3. The molecule has 0 saturated carbocycles. The summed E-state index contributed by atoms with van der Waals surface area (Å²) in [4.78, 5) is 11.0. The lowest BCUT2D eigenvalue weighted by molar-refractivity contribution is 0.113. The minimum atomic E-state index is -0.632. The smallest absolute Gasteiger partial charge is 0.435 e. The first-order valence-electron chi connectivity index (χ1n) is 3.53. The molecule has 0 fully saturated rings. The number of aromatic nitrogens is 2. The quantitative estimate of drug-likeness (QED) is 0.638. The lowest BCUT2D eigenvalue weighted by Crippen LogP contribution is -2.18. The Morgan fingerprint density at radius 2 is 2.33 bits per heavy atom. The average Bonchev–Trinajstić information content (AvgIpc) is 2.34. The lowest BCUT2D eigenvalue weighted by atomic mass is 10.5. The second kappa shape index (κ2) is 3.25. The third kappa shape index (κ3) is 1.98. The summed E-state index contributed by atoms with van der Waals surface area (Å²) in [6.45, 7) is 3.44. The monoisotopic (exact) mass is 169 g/mol. The highest BCUT2D eigenvalue weighted by atomic mass is 16.6. The molecule has 0 N–H and O–H groups in total. The van der Waals surface area contributed by atoms with E-state index in [1.54, 1.807) is 13.8 Å². The summed E-state index contributed by atoms with van der Waals surface area (Å²) in [7, 11) is 0. The van der Waals surface area contributed by atoms with Crippen LogP contribution in [0, 0.1) is 0 Å². The molecule has 1 heterocycles. The van der Waals surface area contributed by atoms with Gasteiger partial charge >= 0.3 is 6.09 Å². The van der Waals surface area contributed by atoms with Gasteiger partial charge in [0.15, 0.2) is 0 Å². The van der Waals surface area contributed by atoms with E-state index < -0.39 is 12.0 Å².